The summed E-state index contributed by atoms with van der Waals surface area (Å²) in [5.41, 5.74) is 2.03. The number of aliphatic imine (C=N–C) groups is 1. The summed E-state index contributed by atoms with van der Waals surface area (Å²) in [6.45, 7) is 0.340. The van der Waals surface area contributed by atoms with E-state index >= 15 is 0 Å². The van der Waals surface area contributed by atoms with Crippen molar-refractivity contribution in [3.05, 3.63) is 78.1 Å². The van der Waals surface area contributed by atoms with Crippen LogP contribution in [0.2, 0.25) is 0 Å². The molecule has 0 bridgehead atoms. The SMILES string of the molecule is COc1cccc(NC(=NCc2cccnc2)NC(=O)c2ccc(OC)c(OC)c2)c1. The fraction of sp³-hybridized carbons (Fsp3) is 0.174. The lowest BCUT2D eigenvalue weighted by molar-refractivity contribution is 0.0976. The summed E-state index contributed by atoms with van der Waals surface area (Å²) in [6.07, 6.45) is 3.42. The summed E-state index contributed by atoms with van der Waals surface area (Å²) in [6, 6.07) is 16.0. The van der Waals surface area contributed by atoms with E-state index in [0.29, 0.717) is 29.4 Å². The predicted molar refractivity (Wildman–Crippen MR) is 119 cm³/mol. The second kappa shape index (κ2) is 10.6. The number of carbonyl (C=O) groups excluding carboxylic acids is 1. The van der Waals surface area contributed by atoms with Crippen molar-refractivity contribution >= 4 is 17.6 Å². The number of hydrogen-bond donors (Lipinski definition) is 2. The first-order valence-corrected chi connectivity index (χ1v) is 9.50. The zero-order valence-corrected chi connectivity index (χ0v) is 17.6. The van der Waals surface area contributed by atoms with Crippen LogP contribution in [0, 0.1) is 0 Å². The Morgan fingerprint density at radius 1 is 0.968 bits per heavy atom. The maximum atomic E-state index is 12.9. The number of aromatic nitrogens is 1. The van der Waals surface area contributed by atoms with Crippen LogP contribution in [0.3, 0.4) is 0 Å². The molecule has 1 aromatic heterocycles. The molecule has 0 atom stereocenters. The van der Waals surface area contributed by atoms with Gasteiger partial charge in [-0.2, -0.15) is 0 Å². The Kier molecular flexibility index (Phi) is 7.42. The first-order valence-electron chi connectivity index (χ1n) is 9.50. The van der Waals surface area contributed by atoms with Crippen LogP contribution in [0.1, 0.15) is 15.9 Å². The normalized spacial score (nSPS) is 10.9. The first-order chi connectivity index (χ1) is 15.1. The molecule has 2 N–H and O–H groups in total. The lowest BCUT2D eigenvalue weighted by Crippen LogP contribution is -2.36. The van der Waals surface area contributed by atoms with Crippen molar-refractivity contribution in [1.82, 2.24) is 10.3 Å². The molecule has 0 aliphatic rings. The molecule has 3 aromatic rings. The van der Waals surface area contributed by atoms with E-state index in [2.05, 4.69) is 20.6 Å². The van der Waals surface area contributed by atoms with Gasteiger partial charge in [0.2, 0.25) is 5.96 Å². The highest BCUT2D eigenvalue weighted by Gasteiger charge is 2.13. The van der Waals surface area contributed by atoms with Gasteiger partial charge < -0.3 is 19.5 Å². The van der Waals surface area contributed by atoms with Gasteiger partial charge in [0.25, 0.3) is 5.91 Å². The first kappa shape index (κ1) is 21.6. The number of ether oxygens (including phenoxy) is 3. The Morgan fingerprint density at radius 3 is 2.52 bits per heavy atom. The smallest absolute Gasteiger partial charge is 0.258 e. The highest BCUT2D eigenvalue weighted by atomic mass is 16.5. The number of methoxy groups -OCH3 is 3. The molecule has 3 rings (SSSR count). The number of pyridine rings is 1. The standard InChI is InChI=1S/C23H24N4O4/c1-29-19-8-4-7-18(13-19)26-23(25-15-16-6-5-11-24-14-16)27-22(28)17-9-10-20(30-2)21(12-17)31-3/h4-14H,15H2,1-3H3,(H2,25,26,27,28). The zero-order valence-electron chi connectivity index (χ0n) is 17.6. The minimum absolute atomic E-state index is 0.289. The molecular formula is C23H24N4O4. The molecule has 0 fully saturated rings. The lowest BCUT2D eigenvalue weighted by atomic mass is 10.2. The largest absolute Gasteiger partial charge is 0.497 e. The Hall–Kier alpha value is -4.07. The zero-order chi connectivity index (χ0) is 22.1. The van der Waals surface area contributed by atoms with E-state index in [9.17, 15) is 4.79 Å². The second-order valence-corrected chi connectivity index (χ2v) is 6.41. The summed E-state index contributed by atoms with van der Waals surface area (Å²) in [5, 5.41) is 5.96. The van der Waals surface area contributed by atoms with Crippen molar-refractivity contribution in [3.63, 3.8) is 0 Å². The highest BCUT2D eigenvalue weighted by molar-refractivity contribution is 6.10. The number of nitrogens with one attached hydrogen (secondary N) is 2. The van der Waals surface area contributed by atoms with Crippen LogP contribution >= 0.6 is 0 Å². The minimum atomic E-state index is -0.346. The van der Waals surface area contributed by atoms with E-state index in [-0.39, 0.29) is 11.9 Å². The van der Waals surface area contributed by atoms with Crippen LogP contribution in [0.15, 0.2) is 72.0 Å². The molecule has 160 valence electrons. The van der Waals surface area contributed by atoms with Crippen LogP contribution in [0.4, 0.5) is 5.69 Å². The van der Waals surface area contributed by atoms with Crippen LogP contribution in [0.25, 0.3) is 0 Å². The monoisotopic (exact) mass is 420 g/mol. The molecule has 0 saturated carbocycles. The fourth-order valence-electron chi connectivity index (χ4n) is 2.77. The summed E-state index contributed by atoms with van der Waals surface area (Å²) >= 11 is 0. The fourth-order valence-corrected chi connectivity index (χ4v) is 2.77. The average Bonchev–Trinajstić information content (AvgIpc) is 2.82. The van der Waals surface area contributed by atoms with Crippen molar-refractivity contribution < 1.29 is 19.0 Å². The molecule has 0 saturated heterocycles. The van der Waals surface area contributed by atoms with E-state index in [0.717, 1.165) is 11.3 Å². The Labute approximate surface area is 180 Å². The van der Waals surface area contributed by atoms with E-state index in [1.807, 2.05) is 36.4 Å². The number of amides is 1. The van der Waals surface area contributed by atoms with Crippen molar-refractivity contribution in [2.24, 2.45) is 4.99 Å². The number of hydrogen-bond acceptors (Lipinski definition) is 6. The van der Waals surface area contributed by atoms with Gasteiger partial charge in [-0.15, -0.1) is 0 Å². The molecule has 0 radical (unpaired) electrons. The molecule has 8 heteroatoms. The van der Waals surface area contributed by atoms with E-state index in [1.165, 1.54) is 7.11 Å². The Bertz CT molecular complexity index is 1050. The van der Waals surface area contributed by atoms with Gasteiger partial charge in [-0.05, 0) is 42.0 Å². The number of nitrogens with zero attached hydrogens (tertiary/aromatic N) is 2. The number of rotatable bonds is 7. The third kappa shape index (κ3) is 5.96. The van der Waals surface area contributed by atoms with Crippen molar-refractivity contribution in [1.29, 1.82) is 0 Å². The molecule has 1 heterocycles. The van der Waals surface area contributed by atoms with Gasteiger partial charge in [0.05, 0.1) is 27.9 Å². The van der Waals surface area contributed by atoms with Gasteiger partial charge in [-0.25, -0.2) is 4.99 Å². The molecule has 0 aliphatic heterocycles. The van der Waals surface area contributed by atoms with E-state index < -0.39 is 0 Å². The van der Waals surface area contributed by atoms with E-state index in [1.54, 1.807) is 44.8 Å². The van der Waals surface area contributed by atoms with Gasteiger partial charge in [0.1, 0.15) is 5.75 Å². The third-order valence-electron chi connectivity index (χ3n) is 4.35. The molecule has 31 heavy (non-hydrogen) atoms. The highest BCUT2D eigenvalue weighted by Crippen LogP contribution is 2.27. The third-order valence-corrected chi connectivity index (χ3v) is 4.35. The molecule has 0 spiro atoms. The number of guanidine groups is 1. The van der Waals surface area contributed by atoms with Gasteiger partial charge in [-0.1, -0.05) is 12.1 Å². The number of anilines is 1. The Balaban J connectivity index is 1.83. The minimum Gasteiger partial charge on any atom is -0.497 e. The van der Waals surface area contributed by atoms with Gasteiger partial charge in [-0.3, -0.25) is 15.1 Å². The average molecular weight is 420 g/mol. The quantitative estimate of drug-likeness (QED) is 0.449. The lowest BCUT2D eigenvalue weighted by Gasteiger charge is -2.14. The molecule has 0 aliphatic carbocycles. The molecule has 8 nitrogen and oxygen atoms in total. The van der Waals surface area contributed by atoms with Gasteiger partial charge in [0.15, 0.2) is 11.5 Å². The van der Waals surface area contributed by atoms with Crippen molar-refractivity contribution in [2.45, 2.75) is 6.54 Å². The van der Waals surface area contributed by atoms with Gasteiger partial charge >= 0.3 is 0 Å². The predicted octanol–water partition coefficient (Wildman–Crippen LogP) is 3.51. The van der Waals surface area contributed by atoms with Crippen LogP contribution in [-0.2, 0) is 6.54 Å². The molecule has 0 unspecified atom stereocenters. The summed E-state index contributed by atoms with van der Waals surface area (Å²) < 4.78 is 15.8. The van der Waals surface area contributed by atoms with Crippen molar-refractivity contribution in [3.8, 4) is 17.2 Å². The summed E-state index contributed by atoms with van der Waals surface area (Å²) in [7, 11) is 4.65. The van der Waals surface area contributed by atoms with Crippen molar-refractivity contribution in [2.75, 3.05) is 26.6 Å². The molecular weight excluding hydrogens is 396 g/mol. The Morgan fingerprint density at radius 2 is 1.81 bits per heavy atom. The number of carbonyl (C=O) groups is 1. The van der Waals surface area contributed by atoms with Crippen LogP contribution < -0.4 is 24.8 Å². The second-order valence-electron chi connectivity index (χ2n) is 6.41. The topological polar surface area (TPSA) is 94.1 Å². The van der Waals surface area contributed by atoms with Crippen LogP contribution in [-0.4, -0.2) is 38.2 Å². The van der Waals surface area contributed by atoms with Gasteiger partial charge in [0, 0.05) is 29.7 Å². The number of benzene rings is 2. The molecule has 2 aromatic carbocycles. The maximum Gasteiger partial charge on any atom is 0.258 e. The van der Waals surface area contributed by atoms with E-state index in [4.69, 9.17) is 14.2 Å². The molecule has 1 amide bonds. The summed E-state index contributed by atoms with van der Waals surface area (Å²) in [5.74, 6) is 1.63. The maximum absolute atomic E-state index is 12.9. The summed E-state index contributed by atoms with van der Waals surface area (Å²) in [4.78, 5) is 21.5. The van der Waals surface area contributed by atoms with Crippen LogP contribution in [0.5, 0.6) is 17.2 Å².